The number of hydrogen-bond acceptors (Lipinski definition) is 3. The van der Waals surface area contributed by atoms with Crippen LogP contribution in [0.2, 0.25) is 10.0 Å². The van der Waals surface area contributed by atoms with Crippen molar-refractivity contribution in [2.75, 3.05) is 6.54 Å². The Morgan fingerprint density at radius 2 is 2.00 bits per heavy atom. The molecule has 0 aromatic heterocycles. The van der Waals surface area contributed by atoms with E-state index in [2.05, 4.69) is 15.8 Å². The Kier molecular flexibility index (Phi) is 6.32. The first-order chi connectivity index (χ1) is 9.04. The second-order valence-corrected chi connectivity index (χ2v) is 4.44. The number of hydrogen-bond donors (Lipinski definition) is 2. The molecule has 7 heteroatoms. The molecule has 0 fully saturated rings. The topological polar surface area (TPSA) is 70.6 Å². The molecule has 0 bridgehead atoms. The zero-order chi connectivity index (χ0) is 14.3. The molecule has 0 aliphatic rings. The number of nitrogens with zero attached hydrogens (tertiary/aromatic N) is 1. The highest BCUT2D eigenvalue weighted by Gasteiger charge is 2.10. The largest absolute Gasteiger partial charge is 0.348 e. The van der Waals surface area contributed by atoms with Crippen molar-refractivity contribution >= 4 is 41.2 Å². The van der Waals surface area contributed by atoms with Gasteiger partial charge in [0.2, 0.25) is 0 Å². The lowest BCUT2D eigenvalue weighted by Gasteiger charge is -2.01. The van der Waals surface area contributed by atoms with Crippen molar-refractivity contribution in [3.63, 3.8) is 0 Å². The first kappa shape index (κ1) is 15.5. The third-order valence-corrected chi connectivity index (χ3v) is 2.80. The van der Waals surface area contributed by atoms with E-state index in [0.29, 0.717) is 22.2 Å². The summed E-state index contributed by atoms with van der Waals surface area (Å²) in [5.74, 6) is -1.53. The van der Waals surface area contributed by atoms with Gasteiger partial charge in [-0.2, -0.15) is 5.10 Å². The van der Waals surface area contributed by atoms with Crippen molar-refractivity contribution in [2.24, 2.45) is 5.10 Å². The molecule has 0 spiro atoms. The van der Waals surface area contributed by atoms with Crippen molar-refractivity contribution in [3.8, 4) is 0 Å². The SMILES string of the molecule is CCCNC(=O)C(=O)N/N=C/c1ccc(Cl)c(Cl)c1. The fourth-order valence-corrected chi connectivity index (χ4v) is 1.43. The second-order valence-electron chi connectivity index (χ2n) is 3.63. The van der Waals surface area contributed by atoms with Crippen LogP contribution in [0.25, 0.3) is 0 Å². The molecule has 0 aliphatic heterocycles. The Morgan fingerprint density at radius 3 is 2.63 bits per heavy atom. The second kappa shape index (κ2) is 7.76. The van der Waals surface area contributed by atoms with Gasteiger partial charge in [0.1, 0.15) is 0 Å². The molecule has 0 aliphatic carbocycles. The van der Waals surface area contributed by atoms with E-state index in [1.165, 1.54) is 6.21 Å². The zero-order valence-corrected chi connectivity index (χ0v) is 11.8. The van der Waals surface area contributed by atoms with Crippen molar-refractivity contribution in [1.29, 1.82) is 0 Å². The van der Waals surface area contributed by atoms with Gasteiger partial charge in [-0.1, -0.05) is 36.2 Å². The zero-order valence-electron chi connectivity index (χ0n) is 10.2. The number of rotatable bonds is 4. The summed E-state index contributed by atoms with van der Waals surface area (Å²) in [6.07, 6.45) is 2.12. The Bertz CT molecular complexity index is 504. The summed E-state index contributed by atoms with van der Waals surface area (Å²) in [6, 6.07) is 4.89. The molecule has 2 N–H and O–H groups in total. The highest BCUT2D eigenvalue weighted by Crippen LogP contribution is 2.21. The maximum atomic E-state index is 11.3. The van der Waals surface area contributed by atoms with Gasteiger partial charge in [0.25, 0.3) is 0 Å². The third-order valence-electron chi connectivity index (χ3n) is 2.07. The van der Waals surface area contributed by atoms with Gasteiger partial charge in [0, 0.05) is 6.54 Å². The third kappa shape index (κ3) is 5.28. The molecule has 0 saturated carbocycles. The van der Waals surface area contributed by atoms with Crippen LogP contribution in [0.4, 0.5) is 0 Å². The minimum Gasteiger partial charge on any atom is -0.348 e. The molecule has 0 saturated heterocycles. The van der Waals surface area contributed by atoms with Crippen molar-refractivity contribution < 1.29 is 9.59 Å². The number of hydrazone groups is 1. The molecular weight excluding hydrogens is 289 g/mol. The summed E-state index contributed by atoms with van der Waals surface area (Å²) in [7, 11) is 0. The first-order valence-electron chi connectivity index (χ1n) is 5.61. The van der Waals surface area contributed by atoms with Gasteiger partial charge < -0.3 is 5.32 Å². The number of carbonyl (C=O) groups excluding carboxylic acids is 2. The molecule has 5 nitrogen and oxygen atoms in total. The molecular formula is C12H13Cl2N3O2. The summed E-state index contributed by atoms with van der Waals surface area (Å²) in [4.78, 5) is 22.5. The average molecular weight is 302 g/mol. The molecule has 1 aromatic carbocycles. The summed E-state index contributed by atoms with van der Waals surface area (Å²) < 4.78 is 0. The van der Waals surface area contributed by atoms with Crippen LogP contribution in [0.3, 0.4) is 0 Å². The predicted octanol–water partition coefficient (Wildman–Crippen LogP) is 1.97. The molecule has 0 radical (unpaired) electrons. The van der Waals surface area contributed by atoms with Crippen molar-refractivity contribution in [3.05, 3.63) is 33.8 Å². The summed E-state index contributed by atoms with van der Waals surface area (Å²) >= 11 is 11.6. The van der Waals surface area contributed by atoms with Gasteiger partial charge in [-0.05, 0) is 24.1 Å². The Balaban J connectivity index is 2.51. The van der Waals surface area contributed by atoms with Gasteiger partial charge in [-0.15, -0.1) is 0 Å². The lowest BCUT2D eigenvalue weighted by Crippen LogP contribution is -2.38. The van der Waals surface area contributed by atoms with Gasteiger partial charge in [0.15, 0.2) is 0 Å². The number of carbonyl (C=O) groups is 2. The standard InChI is InChI=1S/C12H13Cl2N3O2/c1-2-5-15-11(18)12(19)17-16-7-8-3-4-9(13)10(14)6-8/h3-4,6-7H,2,5H2,1H3,(H,15,18)(H,17,19)/b16-7+. The summed E-state index contributed by atoms with van der Waals surface area (Å²) in [6.45, 7) is 2.34. The van der Waals surface area contributed by atoms with E-state index < -0.39 is 11.8 Å². The van der Waals surface area contributed by atoms with Crippen LogP contribution >= 0.6 is 23.2 Å². The highest BCUT2D eigenvalue weighted by atomic mass is 35.5. The fraction of sp³-hybridized carbons (Fsp3) is 0.250. The van der Waals surface area contributed by atoms with Crippen LogP contribution in [-0.4, -0.2) is 24.6 Å². The molecule has 102 valence electrons. The van der Waals surface area contributed by atoms with Crippen molar-refractivity contribution in [1.82, 2.24) is 10.7 Å². The molecule has 1 aromatic rings. The molecule has 0 heterocycles. The minimum atomic E-state index is -0.815. The Hall–Kier alpha value is -1.59. The van der Waals surface area contributed by atoms with Gasteiger partial charge >= 0.3 is 11.8 Å². The summed E-state index contributed by atoms with van der Waals surface area (Å²) in [5, 5.41) is 6.91. The number of benzene rings is 1. The molecule has 19 heavy (non-hydrogen) atoms. The van der Waals surface area contributed by atoms with E-state index in [0.717, 1.165) is 6.42 Å². The summed E-state index contributed by atoms with van der Waals surface area (Å²) in [5.41, 5.74) is 2.77. The van der Waals surface area contributed by atoms with Crippen LogP contribution in [0, 0.1) is 0 Å². The van der Waals surface area contributed by atoms with Crippen LogP contribution in [-0.2, 0) is 9.59 Å². The first-order valence-corrected chi connectivity index (χ1v) is 6.36. The van der Waals surface area contributed by atoms with Gasteiger partial charge in [-0.3, -0.25) is 9.59 Å². The number of halogens is 2. The Morgan fingerprint density at radius 1 is 1.26 bits per heavy atom. The minimum absolute atomic E-state index is 0.387. The highest BCUT2D eigenvalue weighted by molar-refractivity contribution is 6.42. The maximum absolute atomic E-state index is 11.3. The van der Waals surface area contributed by atoms with Crippen LogP contribution in [0.5, 0.6) is 0 Å². The van der Waals surface area contributed by atoms with E-state index in [1.807, 2.05) is 6.92 Å². The van der Waals surface area contributed by atoms with E-state index >= 15 is 0 Å². The molecule has 0 unspecified atom stereocenters. The normalized spacial score (nSPS) is 10.5. The van der Waals surface area contributed by atoms with Gasteiger partial charge in [0.05, 0.1) is 16.3 Å². The van der Waals surface area contributed by atoms with E-state index in [1.54, 1.807) is 18.2 Å². The van der Waals surface area contributed by atoms with Crippen LogP contribution in [0.1, 0.15) is 18.9 Å². The fourth-order valence-electron chi connectivity index (χ4n) is 1.13. The monoisotopic (exact) mass is 301 g/mol. The Labute approximate surface area is 121 Å². The lowest BCUT2D eigenvalue weighted by atomic mass is 10.2. The van der Waals surface area contributed by atoms with E-state index in [9.17, 15) is 9.59 Å². The number of nitrogens with one attached hydrogen (secondary N) is 2. The maximum Gasteiger partial charge on any atom is 0.329 e. The smallest absolute Gasteiger partial charge is 0.329 e. The van der Waals surface area contributed by atoms with Gasteiger partial charge in [-0.25, -0.2) is 5.43 Å². The molecule has 1 rings (SSSR count). The van der Waals surface area contributed by atoms with Crippen molar-refractivity contribution in [2.45, 2.75) is 13.3 Å². The van der Waals surface area contributed by atoms with Crippen LogP contribution in [0.15, 0.2) is 23.3 Å². The number of amides is 2. The lowest BCUT2D eigenvalue weighted by molar-refractivity contribution is -0.139. The quantitative estimate of drug-likeness (QED) is 0.507. The average Bonchev–Trinajstić information content (AvgIpc) is 2.39. The molecule has 2 amide bonds. The predicted molar refractivity (Wildman–Crippen MR) is 75.5 cm³/mol. The molecule has 0 atom stereocenters. The van der Waals surface area contributed by atoms with Crippen LogP contribution < -0.4 is 10.7 Å². The van der Waals surface area contributed by atoms with E-state index in [-0.39, 0.29) is 0 Å². The van der Waals surface area contributed by atoms with E-state index in [4.69, 9.17) is 23.2 Å².